The van der Waals surface area contributed by atoms with Crippen LogP contribution in [0, 0.1) is 5.92 Å². The van der Waals surface area contributed by atoms with Crippen molar-refractivity contribution in [3.8, 4) is 0 Å². The summed E-state index contributed by atoms with van der Waals surface area (Å²) in [6, 6.07) is 0.149. The smallest absolute Gasteiger partial charge is 0.309 e. The number of hydrogen-bond acceptors (Lipinski definition) is 3. The Morgan fingerprint density at radius 2 is 1.94 bits per heavy atom. The number of hydrogen-bond donors (Lipinski definition) is 2. The fourth-order valence-electron chi connectivity index (χ4n) is 2.26. The maximum absolute atomic E-state index is 11.7. The highest BCUT2D eigenvalue weighted by molar-refractivity contribution is 6.35. The van der Waals surface area contributed by atoms with Crippen molar-refractivity contribution in [2.75, 3.05) is 20.3 Å². The Balaban J connectivity index is 2.24. The molecule has 0 aromatic carbocycles. The first kappa shape index (κ1) is 15.0. The molecule has 0 aromatic heterocycles. The van der Waals surface area contributed by atoms with Crippen LogP contribution in [-0.4, -0.2) is 38.1 Å². The van der Waals surface area contributed by atoms with Crippen LogP contribution in [0.3, 0.4) is 0 Å². The average molecular weight is 256 g/mol. The minimum atomic E-state index is -0.538. The van der Waals surface area contributed by atoms with Gasteiger partial charge in [-0.05, 0) is 25.2 Å². The van der Waals surface area contributed by atoms with Gasteiger partial charge in [0.05, 0.1) is 0 Å². The van der Waals surface area contributed by atoms with Crippen molar-refractivity contribution in [1.82, 2.24) is 10.6 Å². The molecule has 0 heterocycles. The van der Waals surface area contributed by atoms with E-state index < -0.39 is 11.8 Å². The highest BCUT2D eigenvalue weighted by Gasteiger charge is 2.25. The van der Waals surface area contributed by atoms with Crippen molar-refractivity contribution in [2.45, 2.75) is 45.1 Å². The molecule has 2 N–H and O–H groups in total. The quantitative estimate of drug-likeness (QED) is 0.565. The number of ether oxygens (including phenoxy) is 1. The molecule has 5 nitrogen and oxygen atoms in total. The van der Waals surface area contributed by atoms with Crippen LogP contribution in [0.5, 0.6) is 0 Å². The van der Waals surface area contributed by atoms with Gasteiger partial charge in [0.1, 0.15) is 0 Å². The van der Waals surface area contributed by atoms with E-state index in [0.717, 1.165) is 25.7 Å². The minimum absolute atomic E-state index is 0.149. The summed E-state index contributed by atoms with van der Waals surface area (Å²) in [5, 5.41) is 5.42. The van der Waals surface area contributed by atoms with Crippen LogP contribution >= 0.6 is 0 Å². The van der Waals surface area contributed by atoms with E-state index >= 15 is 0 Å². The van der Waals surface area contributed by atoms with Crippen LogP contribution < -0.4 is 10.6 Å². The van der Waals surface area contributed by atoms with Crippen molar-refractivity contribution < 1.29 is 14.3 Å². The van der Waals surface area contributed by atoms with Gasteiger partial charge in [0, 0.05) is 26.3 Å². The van der Waals surface area contributed by atoms with Gasteiger partial charge < -0.3 is 15.4 Å². The molecule has 1 aliphatic carbocycles. The lowest BCUT2D eigenvalue weighted by Crippen LogP contribution is -2.47. The molecule has 1 aliphatic rings. The van der Waals surface area contributed by atoms with E-state index in [1.165, 1.54) is 6.42 Å². The largest absolute Gasteiger partial charge is 0.385 e. The zero-order valence-electron chi connectivity index (χ0n) is 11.3. The molecule has 1 rings (SSSR count). The first-order valence-electron chi connectivity index (χ1n) is 6.72. The number of methoxy groups -OCH3 is 1. The summed E-state index contributed by atoms with van der Waals surface area (Å²) in [5.74, 6) is -0.584. The lowest BCUT2D eigenvalue weighted by Gasteiger charge is -2.29. The molecule has 2 amide bonds. The number of carbonyl (C=O) groups excluding carboxylic acids is 2. The highest BCUT2D eigenvalue weighted by atomic mass is 16.5. The predicted molar refractivity (Wildman–Crippen MR) is 69.1 cm³/mol. The Morgan fingerprint density at radius 3 is 2.61 bits per heavy atom. The van der Waals surface area contributed by atoms with E-state index in [1.807, 2.05) is 0 Å². The van der Waals surface area contributed by atoms with Crippen molar-refractivity contribution in [3.05, 3.63) is 0 Å². The zero-order chi connectivity index (χ0) is 13.4. The summed E-state index contributed by atoms with van der Waals surface area (Å²) in [4.78, 5) is 23.2. The second kappa shape index (κ2) is 8.08. The number of rotatable bonds is 5. The molecule has 0 radical (unpaired) electrons. The Bertz CT molecular complexity index is 281. The van der Waals surface area contributed by atoms with Gasteiger partial charge in [-0.25, -0.2) is 0 Å². The molecule has 18 heavy (non-hydrogen) atoms. The lowest BCUT2D eigenvalue weighted by molar-refractivity contribution is -0.140. The minimum Gasteiger partial charge on any atom is -0.385 e. The van der Waals surface area contributed by atoms with Crippen molar-refractivity contribution in [2.24, 2.45) is 5.92 Å². The molecular weight excluding hydrogens is 232 g/mol. The summed E-state index contributed by atoms with van der Waals surface area (Å²) in [6.07, 6.45) is 5.17. The Hall–Kier alpha value is -1.10. The standard InChI is InChI=1S/C13H24N2O3/c1-10-6-3-4-7-11(10)15-13(17)12(16)14-8-5-9-18-2/h10-11H,3-9H2,1-2H3,(H,14,16)(H,15,17)/t10-,11-/m1/s1. The molecular formula is C13H24N2O3. The summed E-state index contributed by atoms with van der Waals surface area (Å²) in [7, 11) is 1.61. The third-order valence-electron chi connectivity index (χ3n) is 3.44. The number of carbonyl (C=O) groups is 2. The molecule has 1 saturated carbocycles. The molecule has 5 heteroatoms. The molecule has 0 bridgehead atoms. The van der Waals surface area contributed by atoms with Gasteiger partial charge in [0.25, 0.3) is 0 Å². The lowest BCUT2D eigenvalue weighted by atomic mass is 9.86. The third kappa shape index (κ3) is 5.04. The van der Waals surface area contributed by atoms with Gasteiger partial charge in [-0.2, -0.15) is 0 Å². The van der Waals surface area contributed by atoms with E-state index in [-0.39, 0.29) is 6.04 Å². The summed E-state index contributed by atoms with van der Waals surface area (Å²) >= 11 is 0. The fraction of sp³-hybridized carbons (Fsp3) is 0.846. The topological polar surface area (TPSA) is 67.4 Å². The van der Waals surface area contributed by atoms with Crippen LogP contribution in [0.15, 0.2) is 0 Å². The van der Waals surface area contributed by atoms with Gasteiger partial charge in [-0.15, -0.1) is 0 Å². The molecule has 1 fully saturated rings. The molecule has 0 unspecified atom stereocenters. The van der Waals surface area contributed by atoms with E-state index in [9.17, 15) is 9.59 Å². The third-order valence-corrected chi connectivity index (χ3v) is 3.44. The van der Waals surface area contributed by atoms with Crippen LogP contribution in [0.25, 0.3) is 0 Å². The first-order chi connectivity index (χ1) is 8.65. The van der Waals surface area contributed by atoms with Crippen LogP contribution in [0.4, 0.5) is 0 Å². The second-order valence-corrected chi connectivity index (χ2v) is 4.94. The van der Waals surface area contributed by atoms with Gasteiger partial charge >= 0.3 is 11.8 Å². The first-order valence-corrected chi connectivity index (χ1v) is 6.72. The van der Waals surface area contributed by atoms with E-state index in [0.29, 0.717) is 19.1 Å². The molecule has 2 atom stereocenters. The maximum Gasteiger partial charge on any atom is 0.309 e. The van der Waals surface area contributed by atoms with Gasteiger partial charge in [-0.3, -0.25) is 9.59 Å². The number of amides is 2. The number of nitrogens with one attached hydrogen (secondary N) is 2. The van der Waals surface area contributed by atoms with Gasteiger partial charge in [0.15, 0.2) is 0 Å². The van der Waals surface area contributed by atoms with Crippen molar-refractivity contribution >= 4 is 11.8 Å². The summed E-state index contributed by atoms with van der Waals surface area (Å²) < 4.78 is 4.87. The average Bonchev–Trinajstić information content (AvgIpc) is 2.37. The van der Waals surface area contributed by atoms with Gasteiger partial charge in [0.2, 0.25) is 0 Å². The molecule has 0 aromatic rings. The summed E-state index contributed by atoms with van der Waals surface area (Å²) in [5.41, 5.74) is 0. The Kier molecular flexibility index (Phi) is 6.72. The van der Waals surface area contributed by atoms with E-state index in [2.05, 4.69) is 17.6 Å². The SMILES string of the molecule is COCCCNC(=O)C(=O)N[C@@H]1CCCC[C@H]1C. The monoisotopic (exact) mass is 256 g/mol. The second-order valence-electron chi connectivity index (χ2n) is 4.94. The highest BCUT2D eigenvalue weighted by Crippen LogP contribution is 2.23. The Morgan fingerprint density at radius 1 is 1.22 bits per heavy atom. The predicted octanol–water partition coefficient (Wildman–Crippen LogP) is 0.834. The van der Waals surface area contributed by atoms with Crippen LogP contribution in [0.2, 0.25) is 0 Å². The molecule has 104 valence electrons. The van der Waals surface area contributed by atoms with E-state index in [4.69, 9.17) is 4.74 Å². The molecule has 0 aliphatic heterocycles. The zero-order valence-corrected chi connectivity index (χ0v) is 11.3. The van der Waals surface area contributed by atoms with Crippen LogP contribution in [0.1, 0.15) is 39.0 Å². The summed E-state index contributed by atoms with van der Waals surface area (Å²) in [6.45, 7) is 3.18. The normalized spacial score (nSPS) is 23.4. The maximum atomic E-state index is 11.7. The Labute approximate surface area is 109 Å². The van der Waals surface area contributed by atoms with Gasteiger partial charge in [-0.1, -0.05) is 19.8 Å². The molecule has 0 spiro atoms. The fourth-order valence-corrected chi connectivity index (χ4v) is 2.26. The van der Waals surface area contributed by atoms with Crippen molar-refractivity contribution in [1.29, 1.82) is 0 Å². The van der Waals surface area contributed by atoms with Crippen LogP contribution in [-0.2, 0) is 14.3 Å². The van der Waals surface area contributed by atoms with Crippen molar-refractivity contribution in [3.63, 3.8) is 0 Å². The molecule has 0 saturated heterocycles. The van der Waals surface area contributed by atoms with E-state index in [1.54, 1.807) is 7.11 Å².